The molecular weight excluding hydrogens is 248 g/mol. The maximum Gasteiger partial charge on any atom is 0.152 e. The zero-order valence-corrected chi connectivity index (χ0v) is 11.6. The predicted octanol–water partition coefficient (Wildman–Crippen LogP) is 3.94. The topological polar surface area (TPSA) is 34.4 Å². The van der Waals surface area contributed by atoms with Gasteiger partial charge >= 0.3 is 0 Å². The zero-order valence-electron chi connectivity index (χ0n) is 11.6. The average Bonchev–Trinajstić information content (AvgIpc) is 2.93. The Bertz CT molecular complexity index is 757. The number of benzene rings is 1. The van der Waals surface area contributed by atoms with E-state index in [9.17, 15) is 4.79 Å². The minimum atomic E-state index is 0.262. The summed E-state index contributed by atoms with van der Waals surface area (Å²) in [5.41, 5.74) is 4.46. The van der Waals surface area contributed by atoms with E-state index in [1.807, 2.05) is 53.2 Å². The highest BCUT2D eigenvalue weighted by Gasteiger charge is 2.18. The Hall–Kier alpha value is -2.42. The second-order valence-electron chi connectivity index (χ2n) is 5.15. The Labute approximate surface area is 117 Å². The molecule has 0 fully saturated rings. The van der Waals surface area contributed by atoms with Crippen molar-refractivity contribution in [1.82, 2.24) is 9.61 Å². The number of carbonyl (C=O) groups excluding carboxylic acids is 1. The molecular formula is C17H16N2O. The van der Waals surface area contributed by atoms with E-state index in [0.29, 0.717) is 5.56 Å². The first-order valence-electron chi connectivity index (χ1n) is 6.74. The second-order valence-corrected chi connectivity index (χ2v) is 5.15. The lowest BCUT2D eigenvalue weighted by Crippen LogP contribution is -2.06. The molecule has 0 spiro atoms. The molecule has 0 atom stereocenters. The maximum atomic E-state index is 11.6. The fourth-order valence-corrected chi connectivity index (χ4v) is 2.64. The average molecular weight is 264 g/mol. The van der Waals surface area contributed by atoms with Crippen molar-refractivity contribution in [2.75, 3.05) is 0 Å². The van der Waals surface area contributed by atoms with Crippen LogP contribution in [0.3, 0.4) is 0 Å². The van der Waals surface area contributed by atoms with Crippen molar-refractivity contribution in [3.63, 3.8) is 0 Å². The summed E-state index contributed by atoms with van der Waals surface area (Å²) in [4.78, 5) is 11.6. The van der Waals surface area contributed by atoms with Crippen molar-refractivity contribution in [2.24, 2.45) is 0 Å². The van der Waals surface area contributed by atoms with E-state index in [1.165, 1.54) is 0 Å². The van der Waals surface area contributed by atoms with Crippen LogP contribution >= 0.6 is 0 Å². The molecule has 0 saturated carbocycles. The molecule has 0 aliphatic carbocycles. The molecule has 0 aliphatic heterocycles. The van der Waals surface area contributed by atoms with E-state index in [2.05, 4.69) is 18.9 Å². The molecule has 0 N–H and O–H groups in total. The summed E-state index contributed by atoms with van der Waals surface area (Å²) in [6, 6.07) is 13.8. The smallest absolute Gasteiger partial charge is 0.152 e. The van der Waals surface area contributed by atoms with Crippen LogP contribution in [-0.4, -0.2) is 15.9 Å². The Morgan fingerprint density at radius 3 is 2.50 bits per heavy atom. The van der Waals surface area contributed by atoms with Crippen LogP contribution in [0.5, 0.6) is 0 Å². The van der Waals surface area contributed by atoms with Gasteiger partial charge in [0.15, 0.2) is 6.29 Å². The summed E-state index contributed by atoms with van der Waals surface area (Å²) in [7, 11) is 0. The highest BCUT2D eigenvalue weighted by Crippen LogP contribution is 2.30. The molecule has 0 radical (unpaired) electrons. The zero-order chi connectivity index (χ0) is 14.1. The van der Waals surface area contributed by atoms with Gasteiger partial charge in [0.05, 0.1) is 5.52 Å². The lowest BCUT2D eigenvalue weighted by molar-refractivity contribution is 0.112. The van der Waals surface area contributed by atoms with Gasteiger partial charge in [-0.15, -0.1) is 0 Å². The first-order chi connectivity index (χ1) is 9.72. The molecule has 3 nitrogen and oxygen atoms in total. The predicted molar refractivity (Wildman–Crippen MR) is 80.1 cm³/mol. The lowest BCUT2D eigenvalue weighted by atomic mass is 9.94. The van der Waals surface area contributed by atoms with Crippen molar-refractivity contribution >= 4 is 11.8 Å². The molecule has 100 valence electrons. The van der Waals surface area contributed by atoms with Gasteiger partial charge in [-0.3, -0.25) is 4.79 Å². The number of hydrogen-bond donors (Lipinski definition) is 0. The quantitative estimate of drug-likeness (QED) is 0.671. The largest absolute Gasteiger partial charge is 0.298 e. The summed E-state index contributed by atoms with van der Waals surface area (Å²) in [6.45, 7) is 4.20. The molecule has 0 unspecified atom stereocenters. The van der Waals surface area contributed by atoms with Gasteiger partial charge in [0.2, 0.25) is 0 Å². The van der Waals surface area contributed by atoms with Gasteiger partial charge in [-0.1, -0.05) is 44.2 Å². The molecule has 1 aromatic carbocycles. The highest BCUT2D eigenvalue weighted by atomic mass is 16.1. The van der Waals surface area contributed by atoms with Crippen molar-refractivity contribution in [2.45, 2.75) is 19.8 Å². The normalized spacial score (nSPS) is 11.2. The molecule has 20 heavy (non-hydrogen) atoms. The summed E-state index contributed by atoms with van der Waals surface area (Å²) >= 11 is 0. The molecule has 3 aromatic rings. The molecule has 2 heterocycles. The van der Waals surface area contributed by atoms with E-state index in [0.717, 1.165) is 28.6 Å². The molecule has 0 amide bonds. The molecule has 3 heteroatoms. The van der Waals surface area contributed by atoms with Crippen LogP contribution < -0.4 is 0 Å². The van der Waals surface area contributed by atoms with Crippen LogP contribution in [0.25, 0.3) is 16.8 Å². The van der Waals surface area contributed by atoms with E-state index in [1.54, 1.807) is 0 Å². The van der Waals surface area contributed by atoms with E-state index in [4.69, 9.17) is 0 Å². The third kappa shape index (κ3) is 1.92. The Balaban J connectivity index is 2.40. The van der Waals surface area contributed by atoms with Crippen LogP contribution in [0.4, 0.5) is 0 Å². The van der Waals surface area contributed by atoms with Crippen LogP contribution in [-0.2, 0) is 0 Å². The third-order valence-corrected chi connectivity index (χ3v) is 3.50. The number of aromatic nitrogens is 2. The summed E-state index contributed by atoms with van der Waals surface area (Å²) < 4.78 is 1.85. The molecule has 0 bridgehead atoms. The Kier molecular flexibility index (Phi) is 3.11. The minimum absolute atomic E-state index is 0.262. The van der Waals surface area contributed by atoms with Crippen LogP contribution in [0.2, 0.25) is 0 Å². The van der Waals surface area contributed by atoms with E-state index in [-0.39, 0.29) is 5.92 Å². The highest BCUT2D eigenvalue weighted by molar-refractivity contribution is 5.90. The number of aldehydes is 1. The Morgan fingerprint density at radius 1 is 1.10 bits per heavy atom. The van der Waals surface area contributed by atoms with Gasteiger partial charge in [-0.2, -0.15) is 5.10 Å². The van der Waals surface area contributed by atoms with E-state index >= 15 is 0 Å². The van der Waals surface area contributed by atoms with Crippen LogP contribution in [0, 0.1) is 0 Å². The van der Waals surface area contributed by atoms with Gasteiger partial charge in [0, 0.05) is 17.3 Å². The van der Waals surface area contributed by atoms with Crippen LogP contribution in [0.1, 0.15) is 35.7 Å². The maximum absolute atomic E-state index is 11.6. The first kappa shape index (κ1) is 12.6. The molecule has 0 aliphatic rings. The number of nitrogens with zero attached hydrogens (tertiary/aromatic N) is 2. The second kappa shape index (κ2) is 4.93. The van der Waals surface area contributed by atoms with Crippen molar-refractivity contribution < 1.29 is 4.79 Å². The van der Waals surface area contributed by atoms with Crippen molar-refractivity contribution in [1.29, 1.82) is 0 Å². The summed E-state index contributed by atoms with van der Waals surface area (Å²) in [5, 5.41) is 4.60. The Morgan fingerprint density at radius 2 is 1.85 bits per heavy atom. The molecule has 2 aromatic heterocycles. The monoisotopic (exact) mass is 264 g/mol. The van der Waals surface area contributed by atoms with Gasteiger partial charge in [0.1, 0.15) is 5.69 Å². The van der Waals surface area contributed by atoms with Gasteiger partial charge in [-0.05, 0) is 23.6 Å². The molecule has 3 rings (SSSR count). The third-order valence-electron chi connectivity index (χ3n) is 3.50. The van der Waals surface area contributed by atoms with Crippen LogP contribution in [0.15, 0.2) is 48.7 Å². The lowest BCUT2D eigenvalue weighted by Gasteiger charge is -2.15. The van der Waals surface area contributed by atoms with Crippen molar-refractivity contribution in [3.8, 4) is 11.3 Å². The van der Waals surface area contributed by atoms with Gasteiger partial charge < -0.3 is 0 Å². The number of carbonyl (C=O) groups is 1. The van der Waals surface area contributed by atoms with Crippen molar-refractivity contribution in [3.05, 3.63) is 59.8 Å². The fraction of sp³-hybridized carbons (Fsp3) is 0.176. The van der Waals surface area contributed by atoms with E-state index < -0.39 is 0 Å². The fourth-order valence-electron chi connectivity index (χ4n) is 2.64. The van der Waals surface area contributed by atoms with Gasteiger partial charge in [0.25, 0.3) is 0 Å². The molecule has 0 saturated heterocycles. The number of hydrogen-bond acceptors (Lipinski definition) is 2. The summed E-state index contributed by atoms with van der Waals surface area (Å²) in [5.74, 6) is 0.262. The SMILES string of the molecule is CC(C)c1c(C=O)c(-c2ccccc2)nn2cccc12. The van der Waals surface area contributed by atoms with Gasteiger partial charge in [-0.25, -0.2) is 4.52 Å². The minimum Gasteiger partial charge on any atom is -0.298 e. The standard InChI is InChI=1S/C17H16N2O/c1-12(2)16-14(11-20)17(13-7-4-3-5-8-13)18-19-10-6-9-15(16)19/h3-12H,1-2H3. The number of rotatable bonds is 3. The first-order valence-corrected chi connectivity index (χ1v) is 6.74. The summed E-state index contributed by atoms with van der Waals surface area (Å²) in [6.07, 6.45) is 2.85. The number of fused-ring (bicyclic) bond motifs is 1.